The molecular weight excluding hydrogens is 255 g/mol. The lowest BCUT2D eigenvalue weighted by Crippen LogP contribution is -1.94. The number of rotatable bonds is 1. The first-order valence-corrected chi connectivity index (χ1v) is 6.18. The van der Waals surface area contributed by atoms with Gasteiger partial charge in [-0.3, -0.25) is 4.40 Å². The molecule has 0 aliphatic heterocycles. The number of hydrogen-bond acceptors (Lipinski definition) is 3. The zero-order chi connectivity index (χ0) is 13.5. The van der Waals surface area contributed by atoms with Gasteiger partial charge in [-0.2, -0.15) is 4.39 Å². The van der Waals surface area contributed by atoms with Gasteiger partial charge >= 0.3 is 0 Å². The van der Waals surface area contributed by atoms with Crippen molar-refractivity contribution >= 4 is 16.8 Å². The Morgan fingerprint density at radius 1 is 0.950 bits per heavy atom. The molecule has 0 N–H and O–H groups in total. The summed E-state index contributed by atoms with van der Waals surface area (Å²) in [5.74, 6) is 0.0208. The summed E-state index contributed by atoms with van der Waals surface area (Å²) in [7, 11) is 0. The topological polar surface area (TPSA) is 43.1 Å². The molecule has 0 spiro atoms. The van der Waals surface area contributed by atoms with Crippen molar-refractivity contribution in [3.63, 3.8) is 0 Å². The third-order valence-corrected chi connectivity index (χ3v) is 3.21. The Kier molecular flexibility index (Phi) is 2.26. The summed E-state index contributed by atoms with van der Waals surface area (Å²) in [4.78, 5) is 12.5. The second-order valence-corrected chi connectivity index (χ2v) is 4.43. The highest BCUT2D eigenvalue weighted by Gasteiger charge is 2.10. The average Bonchev–Trinajstić information content (AvgIpc) is 2.85. The quantitative estimate of drug-likeness (QED) is 0.496. The Bertz CT molecular complexity index is 929. The van der Waals surface area contributed by atoms with Gasteiger partial charge in [0.15, 0.2) is 0 Å². The predicted molar refractivity (Wildman–Crippen MR) is 73.7 cm³/mol. The van der Waals surface area contributed by atoms with Crippen LogP contribution in [0.3, 0.4) is 0 Å². The highest BCUT2D eigenvalue weighted by Crippen LogP contribution is 2.21. The molecular formula is C15H9FN4. The van der Waals surface area contributed by atoms with Crippen LogP contribution in [0.1, 0.15) is 0 Å². The standard InChI is InChI=1S/C15H9FN4/c16-14-10(4-3-8-17-14)11-7-9-20-13-6-2-1-5-12(13)19-15(20)18-11/h1-9H. The van der Waals surface area contributed by atoms with Crippen molar-refractivity contribution in [3.8, 4) is 11.3 Å². The van der Waals surface area contributed by atoms with E-state index in [0.29, 0.717) is 17.0 Å². The Balaban J connectivity index is 2.00. The highest BCUT2D eigenvalue weighted by molar-refractivity contribution is 5.79. The van der Waals surface area contributed by atoms with Crippen molar-refractivity contribution in [1.82, 2.24) is 19.4 Å². The fraction of sp³-hybridized carbons (Fsp3) is 0. The van der Waals surface area contributed by atoms with Crippen molar-refractivity contribution in [2.24, 2.45) is 0 Å². The number of aromatic nitrogens is 4. The largest absolute Gasteiger partial charge is 0.284 e. The molecule has 0 amide bonds. The molecule has 20 heavy (non-hydrogen) atoms. The molecule has 0 radical (unpaired) electrons. The van der Waals surface area contributed by atoms with E-state index in [-0.39, 0.29) is 0 Å². The van der Waals surface area contributed by atoms with E-state index in [1.165, 1.54) is 6.20 Å². The third kappa shape index (κ3) is 1.56. The summed E-state index contributed by atoms with van der Waals surface area (Å²) in [6.07, 6.45) is 3.26. The number of pyridine rings is 1. The normalized spacial score (nSPS) is 11.2. The van der Waals surface area contributed by atoms with E-state index in [0.717, 1.165) is 11.0 Å². The highest BCUT2D eigenvalue weighted by atomic mass is 19.1. The summed E-state index contributed by atoms with van der Waals surface area (Å²) < 4.78 is 15.6. The van der Waals surface area contributed by atoms with Gasteiger partial charge in [0.25, 0.3) is 0 Å². The Morgan fingerprint density at radius 2 is 1.85 bits per heavy atom. The number of imidazole rings is 1. The molecule has 4 rings (SSSR count). The molecule has 0 saturated heterocycles. The molecule has 0 fully saturated rings. The van der Waals surface area contributed by atoms with E-state index in [2.05, 4.69) is 15.0 Å². The fourth-order valence-corrected chi connectivity index (χ4v) is 2.27. The monoisotopic (exact) mass is 264 g/mol. The summed E-state index contributed by atoms with van der Waals surface area (Å²) in [5.41, 5.74) is 2.75. The molecule has 1 aromatic carbocycles. The number of benzene rings is 1. The number of fused-ring (bicyclic) bond motifs is 3. The molecule has 0 atom stereocenters. The number of hydrogen-bond donors (Lipinski definition) is 0. The molecule has 4 nitrogen and oxygen atoms in total. The van der Waals surface area contributed by atoms with Gasteiger partial charge in [-0.25, -0.2) is 15.0 Å². The first kappa shape index (κ1) is 11.0. The number of para-hydroxylation sites is 2. The first-order valence-electron chi connectivity index (χ1n) is 6.18. The molecule has 96 valence electrons. The van der Waals surface area contributed by atoms with Gasteiger partial charge in [0.1, 0.15) is 0 Å². The average molecular weight is 264 g/mol. The summed E-state index contributed by atoms with van der Waals surface area (Å²) in [6.45, 7) is 0. The summed E-state index contributed by atoms with van der Waals surface area (Å²) >= 11 is 0. The lowest BCUT2D eigenvalue weighted by Gasteiger charge is -2.02. The number of halogens is 1. The Hall–Kier alpha value is -2.82. The smallest absolute Gasteiger partial charge is 0.235 e. The molecule has 0 aliphatic carbocycles. The van der Waals surface area contributed by atoms with Crippen LogP contribution in [0.25, 0.3) is 28.1 Å². The van der Waals surface area contributed by atoms with Gasteiger partial charge < -0.3 is 0 Å². The van der Waals surface area contributed by atoms with E-state index in [9.17, 15) is 4.39 Å². The van der Waals surface area contributed by atoms with Crippen LogP contribution in [0.4, 0.5) is 4.39 Å². The van der Waals surface area contributed by atoms with Crippen molar-refractivity contribution in [3.05, 3.63) is 60.8 Å². The molecule has 3 aromatic heterocycles. The minimum Gasteiger partial charge on any atom is -0.284 e. The van der Waals surface area contributed by atoms with Gasteiger partial charge in [0.2, 0.25) is 11.7 Å². The van der Waals surface area contributed by atoms with Crippen LogP contribution in [0, 0.1) is 5.95 Å². The van der Waals surface area contributed by atoms with Gasteiger partial charge in [0.05, 0.1) is 22.3 Å². The van der Waals surface area contributed by atoms with Crippen LogP contribution in [0.15, 0.2) is 54.9 Å². The van der Waals surface area contributed by atoms with Crippen molar-refractivity contribution in [2.75, 3.05) is 0 Å². The van der Waals surface area contributed by atoms with Gasteiger partial charge in [-0.1, -0.05) is 12.1 Å². The van der Waals surface area contributed by atoms with Gasteiger partial charge in [-0.05, 0) is 30.3 Å². The Morgan fingerprint density at radius 3 is 2.75 bits per heavy atom. The molecule has 0 saturated carbocycles. The van der Waals surface area contributed by atoms with E-state index >= 15 is 0 Å². The molecule has 0 bridgehead atoms. The molecule has 5 heteroatoms. The van der Waals surface area contributed by atoms with E-state index < -0.39 is 5.95 Å². The lowest BCUT2D eigenvalue weighted by atomic mass is 10.2. The summed E-state index contributed by atoms with van der Waals surface area (Å²) in [6, 6.07) is 12.9. The Labute approximate surface area is 113 Å². The maximum atomic E-state index is 13.7. The fourth-order valence-electron chi connectivity index (χ4n) is 2.27. The maximum absolute atomic E-state index is 13.7. The summed E-state index contributed by atoms with van der Waals surface area (Å²) in [5, 5.41) is 0. The van der Waals surface area contributed by atoms with Crippen LogP contribution < -0.4 is 0 Å². The van der Waals surface area contributed by atoms with Crippen molar-refractivity contribution < 1.29 is 4.39 Å². The number of nitrogens with zero attached hydrogens (tertiary/aromatic N) is 4. The van der Waals surface area contributed by atoms with Gasteiger partial charge in [-0.15, -0.1) is 0 Å². The third-order valence-electron chi connectivity index (χ3n) is 3.21. The minimum atomic E-state index is -0.527. The van der Waals surface area contributed by atoms with E-state index in [4.69, 9.17) is 0 Å². The molecule has 0 unspecified atom stereocenters. The van der Waals surface area contributed by atoms with E-state index in [1.807, 2.05) is 34.9 Å². The van der Waals surface area contributed by atoms with Crippen LogP contribution in [-0.4, -0.2) is 19.4 Å². The lowest BCUT2D eigenvalue weighted by molar-refractivity contribution is 0.587. The van der Waals surface area contributed by atoms with Crippen LogP contribution in [0.5, 0.6) is 0 Å². The maximum Gasteiger partial charge on any atom is 0.235 e. The minimum absolute atomic E-state index is 0.377. The van der Waals surface area contributed by atoms with Crippen LogP contribution >= 0.6 is 0 Å². The second kappa shape index (κ2) is 4.09. The predicted octanol–water partition coefficient (Wildman–Crippen LogP) is 3.08. The SMILES string of the molecule is Fc1ncccc1-c1ccn2c(n1)nc1ccccc12. The molecule has 3 heterocycles. The van der Waals surface area contributed by atoms with Crippen molar-refractivity contribution in [1.29, 1.82) is 0 Å². The molecule has 4 aromatic rings. The van der Waals surface area contributed by atoms with Crippen LogP contribution in [0.2, 0.25) is 0 Å². The van der Waals surface area contributed by atoms with E-state index in [1.54, 1.807) is 18.2 Å². The van der Waals surface area contributed by atoms with Crippen molar-refractivity contribution in [2.45, 2.75) is 0 Å². The van der Waals surface area contributed by atoms with Crippen LogP contribution in [-0.2, 0) is 0 Å². The zero-order valence-electron chi connectivity index (χ0n) is 10.4. The molecule has 0 aliphatic rings. The first-order chi connectivity index (χ1) is 9.83. The van der Waals surface area contributed by atoms with Gasteiger partial charge in [0, 0.05) is 12.4 Å². The zero-order valence-corrected chi connectivity index (χ0v) is 10.4. The second-order valence-electron chi connectivity index (χ2n) is 4.43.